The molecule has 0 aromatic carbocycles. The molecule has 0 radical (unpaired) electrons. The molecule has 3 aliphatic heterocycles. The van der Waals surface area contributed by atoms with Crippen LogP contribution in [0.2, 0.25) is 0 Å². The Morgan fingerprint density at radius 2 is 1.93 bits per heavy atom. The molecule has 3 rings (SSSR count). The topological polar surface area (TPSA) is 41.7 Å². The fourth-order valence-corrected chi connectivity index (χ4v) is 2.10. The fraction of sp³-hybridized carbons (Fsp3) is 1.00. The van der Waals surface area contributed by atoms with E-state index in [0.717, 1.165) is 19.6 Å². The molecule has 2 N–H and O–H groups in total. The van der Waals surface area contributed by atoms with Gasteiger partial charge in [0, 0.05) is 39.3 Å². The molecule has 3 aliphatic rings. The first-order valence-electron chi connectivity index (χ1n) is 5.45. The van der Waals surface area contributed by atoms with Crippen molar-refractivity contribution in [2.75, 3.05) is 39.3 Å². The van der Waals surface area contributed by atoms with Crippen molar-refractivity contribution < 1.29 is 4.74 Å². The third-order valence-electron chi connectivity index (χ3n) is 3.18. The van der Waals surface area contributed by atoms with Crippen LogP contribution in [-0.4, -0.2) is 60.9 Å². The van der Waals surface area contributed by atoms with Gasteiger partial charge in [0.1, 0.15) is 6.23 Å². The Labute approximate surface area is 86.0 Å². The van der Waals surface area contributed by atoms with Crippen molar-refractivity contribution in [2.24, 2.45) is 5.73 Å². The highest BCUT2D eigenvalue weighted by Gasteiger charge is 2.35. The first-order valence-corrected chi connectivity index (χ1v) is 5.45. The smallest absolute Gasteiger partial charge is 0.124 e. The predicted octanol–water partition coefficient (Wildman–Crippen LogP) is -0.302. The van der Waals surface area contributed by atoms with Gasteiger partial charge in [-0.05, 0) is 13.8 Å². The van der Waals surface area contributed by atoms with Crippen LogP contribution in [0.3, 0.4) is 0 Å². The molecule has 1 atom stereocenters. The third kappa shape index (κ3) is 2.08. The van der Waals surface area contributed by atoms with E-state index in [1.54, 1.807) is 0 Å². The van der Waals surface area contributed by atoms with Gasteiger partial charge in [0.2, 0.25) is 0 Å². The SMILES string of the molecule is CC(C)(CN)OC1CN2CCN1CC2. The molecule has 3 saturated heterocycles. The zero-order valence-corrected chi connectivity index (χ0v) is 9.20. The normalized spacial score (nSPS) is 37.5. The van der Waals surface area contributed by atoms with E-state index in [1.807, 2.05) is 0 Å². The molecular formula is C10H21N3O. The zero-order chi connectivity index (χ0) is 10.2. The number of nitrogens with zero attached hydrogens (tertiary/aromatic N) is 2. The maximum atomic E-state index is 6.02. The minimum absolute atomic E-state index is 0.191. The Bertz CT molecular complexity index is 200. The summed E-state index contributed by atoms with van der Waals surface area (Å²) in [6.07, 6.45) is 0.260. The number of hydrogen-bond acceptors (Lipinski definition) is 4. The van der Waals surface area contributed by atoms with E-state index in [9.17, 15) is 0 Å². The summed E-state index contributed by atoms with van der Waals surface area (Å²) in [7, 11) is 0. The molecule has 4 nitrogen and oxygen atoms in total. The van der Waals surface area contributed by atoms with E-state index >= 15 is 0 Å². The number of ether oxygens (including phenoxy) is 1. The Morgan fingerprint density at radius 1 is 1.29 bits per heavy atom. The second kappa shape index (κ2) is 3.77. The van der Waals surface area contributed by atoms with Crippen molar-refractivity contribution in [2.45, 2.75) is 25.7 Å². The van der Waals surface area contributed by atoms with Crippen LogP contribution in [0.4, 0.5) is 0 Å². The lowest BCUT2D eigenvalue weighted by atomic mass is 10.1. The quantitative estimate of drug-likeness (QED) is 0.677. The van der Waals surface area contributed by atoms with Crippen LogP contribution in [0.15, 0.2) is 0 Å². The molecule has 3 fully saturated rings. The molecule has 0 aliphatic carbocycles. The lowest BCUT2D eigenvalue weighted by Gasteiger charge is -2.49. The highest BCUT2D eigenvalue weighted by molar-refractivity contribution is 4.85. The van der Waals surface area contributed by atoms with Gasteiger partial charge in [-0.3, -0.25) is 9.80 Å². The summed E-state index contributed by atoms with van der Waals surface area (Å²) in [6.45, 7) is 10.4. The summed E-state index contributed by atoms with van der Waals surface area (Å²) in [5.74, 6) is 0. The first kappa shape index (κ1) is 10.4. The minimum atomic E-state index is -0.191. The van der Waals surface area contributed by atoms with Gasteiger partial charge in [-0.15, -0.1) is 0 Å². The van der Waals surface area contributed by atoms with E-state index < -0.39 is 0 Å². The average molecular weight is 199 g/mol. The van der Waals surface area contributed by atoms with Gasteiger partial charge in [-0.1, -0.05) is 0 Å². The monoisotopic (exact) mass is 199 g/mol. The summed E-state index contributed by atoms with van der Waals surface area (Å²) in [4.78, 5) is 4.90. The van der Waals surface area contributed by atoms with E-state index in [4.69, 9.17) is 10.5 Å². The molecule has 0 saturated carbocycles. The number of nitrogens with two attached hydrogens (primary N) is 1. The van der Waals surface area contributed by atoms with E-state index in [2.05, 4.69) is 23.6 Å². The molecule has 4 heteroatoms. The lowest BCUT2D eigenvalue weighted by Crippen LogP contribution is -2.63. The molecule has 1 unspecified atom stereocenters. The summed E-state index contributed by atoms with van der Waals surface area (Å²) in [6, 6.07) is 0. The fourth-order valence-electron chi connectivity index (χ4n) is 2.10. The maximum absolute atomic E-state index is 6.02. The van der Waals surface area contributed by atoms with Crippen molar-refractivity contribution in [3.05, 3.63) is 0 Å². The van der Waals surface area contributed by atoms with Crippen LogP contribution in [-0.2, 0) is 4.74 Å². The van der Waals surface area contributed by atoms with E-state index in [0.29, 0.717) is 6.54 Å². The summed E-state index contributed by atoms with van der Waals surface area (Å²) in [5, 5.41) is 0. The zero-order valence-electron chi connectivity index (χ0n) is 9.20. The minimum Gasteiger partial charge on any atom is -0.355 e. The van der Waals surface area contributed by atoms with Gasteiger partial charge in [-0.25, -0.2) is 0 Å². The molecule has 3 heterocycles. The highest BCUT2D eigenvalue weighted by Crippen LogP contribution is 2.21. The summed E-state index contributed by atoms with van der Waals surface area (Å²) in [5.41, 5.74) is 5.47. The maximum Gasteiger partial charge on any atom is 0.124 e. The van der Waals surface area contributed by atoms with Crippen LogP contribution in [0.5, 0.6) is 0 Å². The van der Waals surface area contributed by atoms with Gasteiger partial charge in [0.05, 0.1) is 5.60 Å². The Kier molecular flexibility index (Phi) is 2.79. The molecular weight excluding hydrogens is 178 g/mol. The number of rotatable bonds is 3. The van der Waals surface area contributed by atoms with Crippen molar-refractivity contribution in [3.8, 4) is 0 Å². The van der Waals surface area contributed by atoms with Crippen molar-refractivity contribution >= 4 is 0 Å². The Hall–Kier alpha value is -0.160. The van der Waals surface area contributed by atoms with Gasteiger partial charge in [0.25, 0.3) is 0 Å². The van der Waals surface area contributed by atoms with Crippen LogP contribution in [0.25, 0.3) is 0 Å². The molecule has 14 heavy (non-hydrogen) atoms. The Morgan fingerprint density at radius 3 is 2.36 bits per heavy atom. The van der Waals surface area contributed by atoms with E-state index in [-0.39, 0.29) is 11.8 Å². The second-order valence-electron chi connectivity index (χ2n) is 4.87. The van der Waals surface area contributed by atoms with Gasteiger partial charge in [-0.2, -0.15) is 0 Å². The first-order chi connectivity index (χ1) is 6.61. The van der Waals surface area contributed by atoms with Gasteiger partial charge in [0.15, 0.2) is 0 Å². The standard InChI is InChI=1S/C10H21N3O/c1-10(2,8-11)14-9-7-12-3-5-13(9)6-4-12/h9H,3-8,11H2,1-2H3. The number of fused-ring (bicyclic) bond motifs is 3. The van der Waals surface area contributed by atoms with E-state index in [1.165, 1.54) is 13.1 Å². The van der Waals surface area contributed by atoms with Gasteiger partial charge >= 0.3 is 0 Å². The second-order valence-corrected chi connectivity index (χ2v) is 4.87. The van der Waals surface area contributed by atoms with Crippen molar-refractivity contribution in [3.63, 3.8) is 0 Å². The largest absolute Gasteiger partial charge is 0.355 e. The van der Waals surface area contributed by atoms with Crippen molar-refractivity contribution in [1.29, 1.82) is 0 Å². The summed E-state index contributed by atoms with van der Waals surface area (Å²) < 4.78 is 6.02. The highest BCUT2D eigenvalue weighted by atomic mass is 16.5. The molecule has 2 bridgehead atoms. The molecule has 0 aromatic rings. The summed E-state index contributed by atoms with van der Waals surface area (Å²) >= 11 is 0. The van der Waals surface area contributed by atoms with Crippen LogP contribution >= 0.6 is 0 Å². The molecule has 0 spiro atoms. The average Bonchev–Trinajstić information content (AvgIpc) is 2.19. The third-order valence-corrected chi connectivity index (χ3v) is 3.18. The van der Waals surface area contributed by atoms with Gasteiger partial charge < -0.3 is 10.5 Å². The Balaban J connectivity index is 1.92. The predicted molar refractivity (Wildman–Crippen MR) is 56.0 cm³/mol. The number of hydrogen-bond donors (Lipinski definition) is 1. The lowest BCUT2D eigenvalue weighted by molar-refractivity contribution is -0.182. The van der Waals surface area contributed by atoms with Crippen LogP contribution in [0.1, 0.15) is 13.8 Å². The molecule has 82 valence electrons. The van der Waals surface area contributed by atoms with Crippen LogP contribution in [0, 0.1) is 0 Å². The number of piperazine rings is 3. The molecule has 0 amide bonds. The van der Waals surface area contributed by atoms with Crippen molar-refractivity contribution in [1.82, 2.24) is 9.80 Å². The molecule has 0 aromatic heterocycles. The van der Waals surface area contributed by atoms with Crippen LogP contribution < -0.4 is 5.73 Å².